The third-order valence-corrected chi connectivity index (χ3v) is 2.96. The molecule has 22 heavy (non-hydrogen) atoms. The molecule has 0 radical (unpaired) electrons. The molecule has 0 fully saturated rings. The van der Waals surface area contributed by atoms with Crippen molar-refractivity contribution < 1.29 is 17.9 Å². The Balaban J connectivity index is 2.21. The van der Waals surface area contributed by atoms with Gasteiger partial charge in [-0.1, -0.05) is 30.3 Å². The first-order valence-electron chi connectivity index (χ1n) is 6.76. The maximum atomic E-state index is 12.6. The van der Waals surface area contributed by atoms with Gasteiger partial charge in [0, 0.05) is 12.1 Å². The molecule has 0 aliphatic heterocycles. The minimum Gasteiger partial charge on any atom is -0.457 e. The third-order valence-electron chi connectivity index (χ3n) is 2.96. The van der Waals surface area contributed by atoms with E-state index in [1.54, 1.807) is 7.05 Å². The van der Waals surface area contributed by atoms with Crippen molar-refractivity contribution in [2.45, 2.75) is 6.18 Å². The Morgan fingerprint density at radius 1 is 1.05 bits per heavy atom. The minimum atomic E-state index is -4.34. The van der Waals surface area contributed by atoms with Crippen LogP contribution >= 0.6 is 0 Å². The summed E-state index contributed by atoms with van der Waals surface area (Å²) in [6, 6.07) is 14.1. The van der Waals surface area contributed by atoms with E-state index in [2.05, 4.69) is 5.32 Å². The number of hydrogen-bond acceptors (Lipinski definition) is 2. The van der Waals surface area contributed by atoms with E-state index in [4.69, 9.17) is 4.74 Å². The van der Waals surface area contributed by atoms with Gasteiger partial charge < -0.3 is 10.1 Å². The number of halogens is 3. The highest BCUT2D eigenvalue weighted by atomic mass is 19.4. The Morgan fingerprint density at radius 2 is 1.68 bits per heavy atom. The lowest BCUT2D eigenvalue weighted by Gasteiger charge is -2.12. The van der Waals surface area contributed by atoms with Gasteiger partial charge in [-0.25, -0.2) is 0 Å². The molecule has 2 aromatic rings. The van der Waals surface area contributed by atoms with E-state index >= 15 is 0 Å². The fraction of sp³-hybridized carbons (Fsp3) is 0.176. The standard InChI is InChI=1S/C17H16F3NO/c1-21-12-11-16(13-5-3-2-4-6-13)22-15-9-7-14(8-10-15)17(18,19)20/h2-11,21H,12H2,1H3. The summed E-state index contributed by atoms with van der Waals surface area (Å²) in [5, 5.41) is 2.98. The number of hydrogen-bond donors (Lipinski definition) is 1. The minimum absolute atomic E-state index is 0.360. The van der Waals surface area contributed by atoms with Gasteiger partial charge in [0.2, 0.25) is 0 Å². The van der Waals surface area contributed by atoms with Crippen molar-refractivity contribution in [2.75, 3.05) is 13.6 Å². The van der Waals surface area contributed by atoms with Gasteiger partial charge >= 0.3 is 6.18 Å². The monoisotopic (exact) mass is 307 g/mol. The van der Waals surface area contributed by atoms with Gasteiger partial charge in [0.15, 0.2) is 0 Å². The van der Waals surface area contributed by atoms with E-state index in [1.807, 2.05) is 36.4 Å². The summed E-state index contributed by atoms with van der Waals surface area (Å²) >= 11 is 0. The number of benzene rings is 2. The van der Waals surface area contributed by atoms with Crippen LogP contribution in [-0.4, -0.2) is 13.6 Å². The predicted octanol–water partition coefficient (Wildman–Crippen LogP) is 4.34. The summed E-state index contributed by atoms with van der Waals surface area (Å²) in [6.45, 7) is 0.588. The zero-order valence-corrected chi connectivity index (χ0v) is 12.0. The van der Waals surface area contributed by atoms with E-state index in [1.165, 1.54) is 12.1 Å². The number of likely N-dealkylation sites (N-methyl/N-ethyl adjacent to an activating group) is 1. The highest BCUT2D eigenvalue weighted by molar-refractivity contribution is 5.62. The Morgan fingerprint density at radius 3 is 2.23 bits per heavy atom. The van der Waals surface area contributed by atoms with E-state index in [9.17, 15) is 13.2 Å². The second-order valence-corrected chi connectivity index (χ2v) is 4.62. The molecular formula is C17H16F3NO. The van der Waals surface area contributed by atoms with Gasteiger partial charge in [0.25, 0.3) is 0 Å². The van der Waals surface area contributed by atoms with Crippen molar-refractivity contribution in [1.82, 2.24) is 5.32 Å². The molecular weight excluding hydrogens is 291 g/mol. The Hall–Kier alpha value is -2.27. The third kappa shape index (κ3) is 4.36. The van der Waals surface area contributed by atoms with E-state index in [0.717, 1.165) is 17.7 Å². The van der Waals surface area contributed by atoms with Crippen LogP contribution in [0.1, 0.15) is 11.1 Å². The lowest BCUT2D eigenvalue weighted by molar-refractivity contribution is -0.137. The summed E-state index contributed by atoms with van der Waals surface area (Å²) in [7, 11) is 1.80. The molecule has 0 aromatic heterocycles. The number of rotatable bonds is 5. The normalized spacial score (nSPS) is 12.3. The molecule has 0 amide bonds. The van der Waals surface area contributed by atoms with Gasteiger partial charge in [0.05, 0.1) is 5.56 Å². The summed E-state index contributed by atoms with van der Waals surface area (Å²) < 4.78 is 43.4. The predicted molar refractivity (Wildman–Crippen MR) is 80.4 cm³/mol. The van der Waals surface area contributed by atoms with Crippen LogP contribution in [0.15, 0.2) is 60.7 Å². The maximum Gasteiger partial charge on any atom is 0.416 e. The fourth-order valence-electron chi connectivity index (χ4n) is 1.85. The molecule has 5 heteroatoms. The lowest BCUT2D eigenvalue weighted by Crippen LogP contribution is -2.07. The number of alkyl halides is 3. The first-order chi connectivity index (χ1) is 10.5. The SMILES string of the molecule is CNCC=C(Oc1ccc(C(F)(F)F)cc1)c1ccccc1. The second kappa shape index (κ2) is 7.13. The van der Waals surface area contributed by atoms with Crippen LogP contribution in [0.5, 0.6) is 5.75 Å². The highest BCUT2D eigenvalue weighted by Crippen LogP contribution is 2.31. The molecule has 0 aliphatic carbocycles. The van der Waals surface area contributed by atoms with Crippen molar-refractivity contribution in [3.8, 4) is 5.75 Å². The van der Waals surface area contributed by atoms with E-state index < -0.39 is 11.7 Å². The van der Waals surface area contributed by atoms with Gasteiger partial charge in [-0.3, -0.25) is 0 Å². The van der Waals surface area contributed by atoms with Gasteiger partial charge in [-0.05, 0) is 37.4 Å². The van der Waals surface area contributed by atoms with Crippen molar-refractivity contribution in [1.29, 1.82) is 0 Å². The maximum absolute atomic E-state index is 12.6. The van der Waals surface area contributed by atoms with Gasteiger partial charge in [-0.15, -0.1) is 0 Å². The lowest BCUT2D eigenvalue weighted by atomic mass is 10.1. The fourth-order valence-corrected chi connectivity index (χ4v) is 1.85. The van der Waals surface area contributed by atoms with Crippen molar-refractivity contribution in [3.05, 3.63) is 71.8 Å². The zero-order chi connectivity index (χ0) is 16.0. The zero-order valence-electron chi connectivity index (χ0n) is 12.0. The Labute approximate surface area is 127 Å². The van der Waals surface area contributed by atoms with Crippen molar-refractivity contribution in [2.24, 2.45) is 0 Å². The van der Waals surface area contributed by atoms with Gasteiger partial charge in [0.1, 0.15) is 11.5 Å². The first kappa shape index (κ1) is 16.1. The summed E-state index contributed by atoms with van der Waals surface area (Å²) in [6.07, 6.45) is -2.50. The smallest absolute Gasteiger partial charge is 0.416 e. The molecule has 0 saturated heterocycles. The Kier molecular flexibility index (Phi) is 5.22. The highest BCUT2D eigenvalue weighted by Gasteiger charge is 2.30. The summed E-state index contributed by atoms with van der Waals surface area (Å²) in [5.74, 6) is 0.953. The molecule has 1 N–H and O–H groups in total. The topological polar surface area (TPSA) is 21.3 Å². The molecule has 0 unspecified atom stereocenters. The van der Waals surface area contributed by atoms with E-state index in [0.29, 0.717) is 18.1 Å². The quantitative estimate of drug-likeness (QED) is 0.829. The molecule has 0 aliphatic rings. The molecule has 0 atom stereocenters. The van der Waals surface area contributed by atoms with Gasteiger partial charge in [-0.2, -0.15) is 13.2 Å². The molecule has 2 rings (SSSR count). The number of nitrogens with one attached hydrogen (secondary N) is 1. The molecule has 0 spiro atoms. The van der Waals surface area contributed by atoms with Crippen LogP contribution < -0.4 is 10.1 Å². The van der Waals surface area contributed by atoms with Crippen LogP contribution in [0.25, 0.3) is 5.76 Å². The average Bonchev–Trinajstić information content (AvgIpc) is 2.52. The summed E-state index contributed by atoms with van der Waals surface area (Å²) in [4.78, 5) is 0. The van der Waals surface area contributed by atoms with Crippen molar-refractivity contribution >= 4 is 5.76 Å². The molecule has 2 nitrogen and oxygen atoms in total. The first-order valence-corrected chi connectivity index (χ1v) is 6.76. The molecule has 0 heterocycles. The molecule has 2 aromatic carbocycles. The largest absolute Gasteiger partial charge is 0.457 e. The summed E-state index contributed by atoms with van der Waals surface area (Å²) in [5.41, 5.74) is 0.165. The molecule has 116 valence electrons. The van der Waals surface area contributed by atoms with Crippen LogP contribution in [0.3, 0.4) is 0 Å². The molecule has 0 bridgehead atoms. The second-order valence-electron chi connectivity index (χ2n) is 4.62. The molecule has 0 saturated carbocycles. The van der Waals surface area contributed by atoms with Crippen LogP contribution in [0, 0.1) is 0 Å². The van der Waals surface area contributed by atoms with Crippen LogP contribution in [0.4, 0.5) is 13.2 Å². The van der Waals surface area contributed by atoms with Crippen LogP contribution in [0.2, 0.25) is 0 Å². The van der Waals surface area contributed by atoms with Crippen LogP contribution in [-0.2, 0) is 6.18 Å². The van der Waals surface area contributed by atoms with Crippen molar-refractivity contribution in [3.63, 3.8) is 0 Å². The number of ether oxygens (including phenoxy) is 1. The Bertz CT molecular complexity index is 619. The average molecular weight is 307 g/mol. The van der Waals surface area contributed by atoms with E-state index in [-0.39, 0.29) is 0 Å².